The lowest BCUT2D eigenvalue weighted by molar-refractivity contribution is 0.0197. The molecule has 2 heterocycles. The molecule has 1 fully saturated rings. The number of amidine groups is 1. The molecule has 8 nitrogen and oxygen atoms in total. The van der Waals surface area contributed by atoms with E-state index in [4.69, 9.17) is 20.9 Å². The van der Waals surface area contributed by atoms with E-state index >= 15 is 0 Å². The molecule has 1 saturated carbocycles. The number of carboxylic acids is 1. The first-order valence-corrected chi connectivity index (χ1v) is 9.83. The second-order valence-corrected chi connectivity index (χ2v) is 7.74. The van der Waals surface area contributed by atoms with Crippen LogP contribution in [0.2, 0.25) is 0 Å². The smallest absolute Gasteiger partial charge is 0.346 e. The Morgan fingerprint density at radius 1 is 1.39 bits per heavy atom. The second kappa shape index (κ2) is 8.57. The molecule has 0 aliphatic heterocycles. The van der Waals surface area contributed by atoms with E-state index in [1.807, 2.05) is 0 Å². The Labute approximate surface area is 167 Å². The van der Waals surface area contributed by atoms with Gasteiger partial charge in [-0.3, -0.25) is 0 Å². The summed E-state index contributed by atoms with van der Waals surface area (Å²) in [5, 5.41) is 9.59. The Kier molecular flexibility index (Phi) is 6.15. The van der Waals surface area contributed by atoms with E-state index in [9.17, 15) is 9.90 Å². The Hall–Kier alpha value is -2.65. The van der Waals surface area contributed by atoms with Crippen LogP contribution >= 0.6 is 11.3 Å². The van der Waals surface area contributed by atoms with Crippen LogP contribution in [-0.4, -0.2) is 41.2 Å². The second-order valence-electron chi connectivity index (χ2n) is 6.69. The molecule has 1 unspecified atom stereocenters. The molecule has 1 aliphatic rings. The van der Waals surface area contributed by atoms with Crippen LogP contribution in [0, 0.1) is 6.92 Å². The number of nitrogens with two attached hydrogens (primary N) is 2. The minimum atomic E-state index is -1.04. The number of nitrogens with zero attached hydrogens (tertiary/aromatic N) is 2. The summed E-state index contributed by atoms with van der Waals surface area (Å²) in [7, 11) is 1.71. The zero-order valence-electron chi connectivity index (χ0n) is 15.8. The third kappa shape index (κ3) is 4.26. The molecule has 0 spiro atoms. The van der Waals surface area contributed by atoms with E-state index in [0.29, 0.717) is 27.7 Å². The number of rotatable bonds is 6. The monoisotopic (exact) mass is 404 g/mol. The SMILES string of the molecule is CO[C@@H]1CCCC(Oc2ncccc2N=C(N)c2c(N)sc(C(=O)O)c2C)C1. The normalized spacial score (nSPS) is 20.1. The van der Waals surface area contributed by atoms with Gasteiger partial charge in [-0.05, 0) is 43.9 Å². The number of anilines is 1. The van der Waals surface area contributed by atoms with E-state index in [0.717, 1.165) is 37.0 Å². The lowest BCUT2D eigenvalue weighted by atomic mass is 9.95. The zero-order chi connectivity index (χ0) is 20.3. The lowest BCUT2D eigenvalue weighted by Crippen LogP contribution is -2.29. The summed E-state index contributed by atoms with van der Waals surface area (Å²) in [5.41, 5.74) is 13.6. The molecule has 0 aromatic carbocycles. The third-order valence-electron chi connectivity index (χ3n) is 4.81. The quantitative estimate of drug-likeness (QED) is 0.497. The summed E-state index contributed by atoms with van der Waals surface area (Å²) in [6.45, 7) is 1.67. The van der Waals surface area contributed by atoms with Gasteiger partial charge in [0, 0.05) is 19.7 Å². The minimum Gasteiger partial charge on any atom is -0.477 e. The molecular formula is C19H24N4O4S. The first kappa shape index (κ1) is 20.1. The van der Waals surface area contributed by atoms with Crippen molar-refractivity contribution in [1.29, 1.82) is 0 Å². The van der Waals surface area contributed by atoms with E-state index in [1.54, 1.807) is 32.4 Å². The number of aliphatic imine (C=N–C) groups is 1. The van der Waals surface area contributed by atoms with Crippen LogP contribution in [0.5, 0.6) is 5.88 Å². The van der Waals surface area contributed by atoms with Gasteiger partial charge in [0.1, 0.15) is 22.5 Å². The number of hydrogen-bond donors (Lipinski definition) is 3. The predicted molar refractivity (Wildman–Crippen MR) is 109 cm³/mol. The van der Waals surface area contributed by atoms with Gasteiger partial charge in [0.25, 0.3) is 0 Å². The van der Waals surface area contributed by atoms with Crippen molar-refractivity contribution < 1.29 is 19.4 Å². The molecule has 0 amide bonds. The highest BCUT2D eigenvalue weighted by Gasteiger charge is 2.25. The maximum atomic E-state index is 11.3. The molecule has 9 heteroatoms. The first-order valence-electron chi connectivity index (χ1n) is 9.01. The average molecular weight is 404 g/mol. The zero-order valence-corrected chi connectivity index (χ0v) is 16.7. The Morgan fingerprint density at radius 3 is 2.82 bits per heavy atom. The van der Waals surface area contributed by atoms with Crippen LogP contribution in [0.1, 0.15) is 46.5 Å². The van der Waals surface area contributed by atoms with Crippen molar-refractivity contribution in [3.63, 3.8) is 0 Å². The van der Waals surface area contributed by atoms with Crippen molar-refractivity contribution in [3.05, 3.63) is 34.3 Å². The van der Waals surface area contributed by atoms with Crippen molar-refractivity contribution >= 4 is 33.8 Å². The molecule has 150 valence electrons. The maximum Gasteiger partial charge on any atom is 0.346 e. The van der Waals surface area contributed by atoms with Gasteiger partial charge < -0.3 is 26.0 Å². The third-order valence-corrected chi connectivity index (χ3v) is 5.91. The number of ether oxygens (including phenoxy) is 2. The van der Waals surface area contributed by atoms with Crippen molar-refractivity contribution in [2.45, 2.75) is 44.8 Å². The molecular weight excluding hydrogens is 380 g/mol. The molecule has 1 aliphatic carbocycles. The highest BCUT2D eigenvalue weighted by molar-refractivity contribution is 7.18. The number of carboxylic acid groups (broad SMARTS) is 1. The van der Waals surface area contributed by atoms with E-state index < -0.39 is 5.97 Å². The maximum absolute atomic E-state index is 11.3. The van der Waals surface area contributed by atoms with Gasteiger partial charge in [-0.1, -0.05) is 0 Å². The fourth-order valence-electron chi connectivity index (χ4n) is 3.38. The van der Waals surface area contributed by atoms with Crippen LogP contribution in [0.15, 0.2) is 23.3 Å². The van der Waals surface area contributed by atoms with Crippen LogP contribution < -0.4 is 16.2 Å². The predicted octanol–water partition coefficient (Wildman–Crippen LogP) is 3.11. The van der Waals surface area contributed by atoms with Gasteiger partial charge in [-0.15, -0.1) is 11.3 Å². The number of aromatic nitrogens is 1. The van der Waals surface area contributed by atoms with E-state index in [1.165, 1.54) is 0 Å². The average Bonchev–Trinajstić information content (AvgIpc) is 2.98. The number of methoxy groups -OCH3 is 1. The Bertz CT molecular complexity index is 896. The fourth-order valence-corrected chi connectivity index (χ4v) is 4.31. The molecule has 2 aromatic rings. The van der Waals surface area contributed by atoms with Crippen molar-refractivity contribution in [2.24, 2.45) is 10.7 Å². The van der Waals surface area contributed by atoms with Gasteiger partial charge >= 0.3 is 5.97 Å². The molecule has 0 radical (unpaired) electrons. The highest BCUT2D eigenvalue weighted by atomic mass is 32.1. The number of pyridine rings is 1. The van der Waals surface area contributed by atoms with Crippen LogP contribution in [0.25, 0.3) is 0 Å². The Morgan fingerprint density at radius 2 is 2.14 bits per heavy atom. The van der Waals surface area contributed by atoms with E-state index in [2.05, 4.69) is 9.98 Å². The van der Waals surface area contributed by atoms with Crippen LogP contribution in [0.3, 0.4) is 0 Å². The molecule has 0 bridgehead atoms. The van der Waals surface area contributed by atoms with Crippen LogP contribution in [0.4, 0.5) is 10.7 Å². The molecule has 2 atom stereocenters. The topological polar surface area (TPSA) is 133 Å². The summed E-state index contributed by atoms with van der Waals surface area (Å²) >= 11 is 0.980. The van der Waals surface area contributed by atoms with E-state index in [-0.39, 0.29) is 22.9 Å². The largest absolute Gasteiger partial charge is 0.477 e. The molecule has 3 rings (SSSR count). The lowest BCUT2D eigenvalue weighted by Gasteiger charge is -2.28. The molecule has 0 saturated heterocycles. The summed E-state index contributed by atoms with van der Waals surface area (Å²) in [6, 6.07) is 3.49. The number of thiophene rings is 1. The summed E-state index contributed by atoms with van der Waals surface area (Å²) < 4.78 is 11.5. The fraction of sp³-hybridized carbons (Fsp3) is 0.421. The minimum absolute atomic E-state index is 0.00431. The molecule has 2 aromatic heterocycles. The van der Waals surface area contributed by atoms with Crippen molar-refractivity contribution in [2.75, 3.05) is 12.8 Å². The first-order chi connectivity index (χ1) is 13.4. The summed E-state index contributed by atoms with van der Waals surface area (Å²) in [5.74, 6) is -0.518. The molecule has 5 N–H and O–H groups in total. The van der Waals surface area contributed by atoms with Gasteiger partial charge in [-0.25, -0.2) is 14.8 Å². The highest BCUT2D eigenvalue weighted by Crippen LogP contribution is 2.33. The number of aromatic carboxylic acids is 1. The van der Waals surface area contributed by atoms with Crippen molar-refractivity contribution in [3.8, 4) is 5.88 Å². The van der Waals surface area contributed by atoms with Crippen molar-refractivity contribution in [1.82, 2.24) is 4.98 Å². The number of nitrogen functional groups attached to an aromatic ring is 1. The summed E-state index contributed by atoms with van der Waals surface area (Å²) in [6.07, 6.45) is 5.59. The standard InChI is InChI=1S/C19H24N4O4S/c1-10-14(17(21)28-15(10)19(24)25)16(20)23-13-7-4-8-22-18(13)27-12-6-3-5-11(9-12)26-2/h4,7-8,11-12H,3,5-6,9,21H2,1-2H3,(H2,20,23)(H,24,25)/t11-,12?/m1/s1. The van der Waals surface area contributed by atoms with Crippen LogP contribution in [-0.2, 0) is 4.74 Å². The van der Waals surface area contributed by atoms with Gasteiger partial charge in [0.2, 0.25) is 5.88 Å². The Balaban J connectivity index is 1.88. The van der Waals surface area contributed by atoms with Gasteiger partial charge in [0.05, 0.1) is 16.7 Å². The van der Waals surface area contributed by atoms with Gasteiger partial charge in [-0.2, -0.15) is 0 Å². The van der Waals surface area contributed by atoms with Gasteiger partial charge in [0.15, 0.2) is 0 Å². The molecule has 28 heavy (non-hydrogen) atoms. The number of hydrogen-bond acceptors (Lipinski definition) is 7. The summed E-state index contributed by atoms with van der Waals surface area (Å²) in [4.78, 5) is 20.2. The number of carbonyl (C=O) groups is 1.